The number of pyridine rings is 1. The molecule has 1 saturated carbocycles. The van der Waals surface area contributed by atoms with Crippen LogP contribution in [0.15, 0.2) is 65.7 Å². The maximum Gasteiger partial charge on any atom is 0.252 e. The van der Waals surface area contributed by atoms with Gasteiger partial charge in [0.15, 0.2) is 0 Å². The Hall–Kier alpha value is -2.86. The van der Waals surface area contributed by atoms with Gasteiger partial charge in [0.2, 0.25) is 5.91 Å². The highest BCUT2D eigenvalue weighted by molar-refractivity contribution is 8.00. The minimum Gasteiger partial charge on any atom is -0.349 e. The maximum absolute atomic E-state index is 12.9. The molecule has 0 aliphatic heterocycles. The van der Waals surface area contributed by atoms with Gasteiger partial charge in [0.1, 0.15) is 0 Å². The Kier molecular flexibility index (Phi) is 5.53. The van der Waals surface area contributed by atoms with Crippen molar-refractivity contribution >= 4 is 40.2 Å². The highest BCUT2D eigenvalue weighted by Gasteiger charge is 2.26. The van der Waals surface area contributed by atoms with Crippen molar-refractivity contribution in [1.29, 1.82) is 0 Å². The van der Waals surface area contributed by atoms with Gasteiger partial charge in [-0.25, -0.2) is 4.98 Å². The van der Waals surface area contributed by atoms with E-state index in [1.54, 1.807) is 18.0 Å². The molecule has 1 aromatic heterocycles. The van der Waals surface area contributed by atoms with Gasteiger partial charge in [-0.2, -0.15) is 0 Å². The van der Waals surface area contributed by atoms with E-state index in [0.717, 1.165) is 29.4 Å². The van der Waals surface area contributed by atoms with Gasteiger partial charge in [-0.3, -0.25) is 9.59 Å². The Morgan fingerprint density at radius 1 is 1.10 bits per heavy atom. The lowest BCUT2D eigenvalue weighted by atomic mass is 10.1. The van der Waals surface area contributed by atoms with Crippen LogP contribution in [0.25, 0.3) is 10.9 Å². The summed E-state index contributed by atoms with van der Waals surface area (Å²) in [4.78, 5) is 32.0. The van der Waals surface area contributed by atoms with E-state index in [1.807, 2.05) is 61.5 Å². The van der Waals surface area contributed by atoms with Crippen molar-refractivity contribution in [3.63, 3.8) is 0 Å². The van der Waals surface area contributed by atoms with Gasteiger partial charge < -0.3 is 10.2 Å². The van der Waals surface area contributed by atoms with Crippen molar-refractivity contribution in [3.8, 4) is 0 Å². The van der Waals surface area contributed by atoms with Crippen LogP contribution in [0.3, 0.4) is 0 Å². The normalized spacial score (nSPS) is 14.4. The minimum atomic E-state index is -0.340. The molecule has 1 heterocycles. The number of aromatic nitrogens is 1. The fourth-order valence-electron chi connectivity index (χ4n) is 3.17. The van der Waals surface area contributed by atoms with E-state index in [2.05, 4.69) is 10.3 Å². The summed E-state index contributed by atoms with van der Waals surface area (Å²) in [6.07, 6.45) is 2.07. The Balaban J connectivity index is 1.58. The number of nitrogens with one attached hydrogen (secondary N) is 1. The summed E-state index contributed by atoms with van der Waals surface area (Å²) in [5.74, 6) is -0.0894. The molecule has 2 aromatic carbocycles. The number of nitrogens with zero attached hydrogens (tertiary/aromatic N) is 2. The molecule has 6 heteroatoms. The van der Waals surface area contributed by atoms with Crippen LogP contribution < -0.4 is 10.2 Å². The third-order valence-electron chi connectivity index (χ3n) is 4.97. The Bertz CT molecular complexity index is 1050. The molecule has 1 aliphatic rings. The summed E-state index contributed by atoms with van der Waals surface area (Å²) in [7, 11) is 1.77. The first-order valence-corrected chi connectivity index (χ1v) is 10.6. The van der Waals surface area contributed by atoms with Crippen LogP contribution in [0.1, 0.15) is 30.1 Å². The summed E-state index contributed by atoms with van der Waals surface area (Å²) in [5.41, 5.74) is 2.22. The number of thioether (sulfide) groups is 1. The lowest BCUT2D eigenvalue weighted by molar-refractivity contribution is -0.117. The quantitative estimate of drug-likeness (QED) is 0.622. The molecule has 3 aromatic rings. The average Bonchev–Trinajstić information content (AvgIpc) is 3.56. The average molecular weight is 406 g/mol. The number of para-hydroxylation sites is 2. The molecular formula is C23H23N3O2S. The molecule has 1 atom stereocenters. The van der Waals surface area contributed by atoms with Crippen LogP contribution in [-0.4, -0.2) is 35.1 Å². The molecule has 4 rings (SSSR count). The van der Waals surface area contributed by atoms with E-state index >= 15 is 0 Å². The number of amides is 2. The van der Waals surface area contributed by atoms with E-state index in [1.165, 1.54) is 11.8 Å². The van der Waals surface area contributed by atoms with Crippen molar-refractivity contribution < 1.29 is 9.59 Å². The summed E-state index contributed by atoms with van der Waals surface area (Å²) in [6, 6.07) is 19.3. The third kappa shape index (κ3) is 4.43. The van der Waals surface area contributed by atoms with Crippen LogP contribution in [0, 0.1) is 0 Å². The molecule has 1 aliphatic carbocycles. The SMILES string of the molecule is CC(Sc1cc(C(=O)NC2CC2)c2ccccc2n1)C(=O)N(C)c1ccccc1. The number of rotatable bonds is 6. The van der Waals surface area contributed by atoms with Gasteiger partial charge in [-0.15, -0.1) is 0 Å². The second-order valence-corrected chi connectivity index (χ2v) is 8.63. The van der Waals surface area contributed by atoms with Gasteiger partial charge in [0.05, 0.1) is 21.4 Å². The summed E-state index contributed by atoms with van der Waals surface area (Å²) in [5, 5.41) is 4.22. The highest BCUT2D eigenvalue weighted by atomic mass is 32.2. The zero-order chi connectivity index (χ0) is 20.4. The van der Waals surface area contributed by atoms with Gasteiger partial charge in [-0.1, -0.05) is 48.2 Å². The molecule has 0 radical (unpaired) electrons. The summed E-state index contributed by atoms with van der Waals surface area (Å²) < 4.78 is 0. The molecule has 0 spiro atoms. The third-order valence-corrected chi connectivity index (χ3v) is 5.98. The Morgan fingerprint density at radius 3 is 2.52 bits per heavy atom. The van der Waals surface area contributed by atoms with Crippen LogP contribution in [0.4, 0.5) is 5.69 Å². The molecular weight excluding hydrogens is 382 g/mol. The fraction of sp³-hybridized carbons (Fsp3) is 0.261. The molecule has 1 N–H and O–H groups in total. The summed E-state index contributed by atoms with van der Waals surface area (Å²) in [6.45, 7) is 1.87. The molecule has 0 saturated heterocycles. The monoisotopic (exact) mass is 405 g/mol. The van der Waals surface area contributed by atoms with Crippen LogP contribution in [0.5, 0.6) is 0 Å². The first-order chi connectivity index (χ1) is 14.0. The van der Waals surface area contributed by atoms with Crippen LogP contribution >= 0.6 is 11.8 Å². The van der Waals surface area contributed by atoms with E-state index < -0.39 is 0 Å². The largest absolute Gasteiger partial charge is 0.349 e. The molecule has 1 fully saturated rings. The molecule has 148 valence electrons. The van der Waals surface area contributed by atoms with Gasteiger partial charge in [0, 0.05) is 24.2 Å². The lowest BCUT2D eigenvalue weighted by Crippen LogP contribution is -2.33. The van der Waals surface area contributed by atoms with Gasteiger partial charge in [0.25, 0.3) is 5.91 Å². The van der Waals surface area contributed by atoms with Crippen LogP contribution in [-0.2, 0) is 4.79 Å². The molecule has 1 unspecified atom stereocenters. The molecule has 5 nitrogen and oxygen atoms in total. The van der Waals surface area contributed by atoms with E-state index in [-0.39, 0.29) is 23.1 Å². The van der Waals surface area contributed by atoms with Crippen molar-refractivity contribution in [3.05, 3.63) is 66.2 Å². The second kappa shape index (κ2) is 8.25. The molecule has 0 bridgehead atoms. The van der Waals surface area contributed by atoms with Crippen molar-refractivity contribution in [2.75, 3.05) is 11.9 Å². The maximum atomic E-state index is 12.9. The van der Waals surface area contributed by atoms with Gasteiger partial charge >= 0.3 is 0 Å². The Labute approximate surface area is 174 Å². The van der Waals surface area contributed by atoms with Crippen molar-refractivity contribution in [2.24, 2.45) is 0 Å². The number of hydrogen-bond donors (Lipinski definition) is 1. The lowest BCUT2D eigenvalue weighted by Gasteiger charge is -2.21. The van der Waals surface area contributed by atoms with Crippen molar-refractivity contribution in [2.45, 2.75) is 36.1 Å². The van der Waals surface area contributed by atoms with Crippen molar-refractivity contribution in [1.82, 2.24) is 10.3 Å². The first kappa shape index (κ1) is 19.5. The minimum absolute atomic E-state index is 0.0138. The first-order valence-electron chi connectivity index (χ1n) is 9.73. The second-order valence-electron chi connectivity index (χ2n) is 7.27. The zero-order valence-corrected chi connectivity index (χ0v) is 17.3. The fourth-order valence-corrected chi connectivity index (χ4v) is 4.13. The number of carbonyl (C=O) groups is 2. The summed E-state index contributed by atoms with van der Waals surface area (Å²) >= 11 is 1.37. The predicted octanol–water partition coefficient (Wildman–Crippen LogP) is 4.27. The molecule has 29 heavy (non-hydrogen) atoms. The van der Waals surface area contributed by atoms with E-state index in [0.29, 0.717) is 10.6 Å². The highest BCUT2D eigenvalue weighted by Crippen LogP contribution is 2.29. The standard InChI is InChI=1S/C23H23N3O2S/c1-15(23(28)26(2)17-8-4-3-5-9-17)29-21-14-19(22(27)24-16-12-13-16)18-10-6-7-11-20(18)25-21/h3-11,14-16H,12-13H2,1-2H3,(H,24,27). The zero-order valence-electron chi connectivity index (χ0n) is 16.5. The van der Waals surface area contributed by atoms with E-state index in [9.17, 15) is 9.59 Å². The number of benzene rings is 2. The topological polar surface area (TPSA) is 62.3 Å². The van der Waals surface area contributed by atoms with Gasteiger partial charge in [-0.05, 0) is 44.0 Å². The number of fused-ring (bicyclic) bond motifs is 1. The number of carbonyl (C=O) groups excluding carboxylic acids is 2. The number of hydrogen-bond acceptors (Lipinski definition) is 4. The van der Waals surface area contributed by atoms with E-state index in [4.69, 9.17) is 0 Å². The Morgan fingerprint density at radius 2 is 1.79 bits per heavy atom. The van der Waals surface area contributed by atoms with Crippen LogP contribution in [0.2, 0.25) is 0 Å². The molecule has 2 amide bonds. The predicted molar refractivity (Wildman–Crippen MR) is 117 cm³/mol. The smallest absolute Gasteiger partial charge is 0.252 e. The number of anilines is 1.